The average molecular weight is 395 g/mol. The normalized spacial score (nSPS) is 47.2. The highest BCUT2D eigenvalue weighted by Crippen LogP contribution is 2.67. The number of benzene rings is 1. The second kappa shape index (κ2) is 5.48. The van der Waals surface area contributed by atoms with E-state index < -0.39 is 11.6 Å². The summed E-state index contributed by atoms with van der Waals surface area (Å²) in [6.45, 7) is 0. The minimum atomic E-state index is -0.711. The Morgan fingerprint density at radius 3 is 2.31 bits per heavy atom. The molecule has 8 rings (SSSR count). The summed E-state index contributed by atoms with van der Waals surface area (Å²) >= 11 is 0. The Bertz CT molecular complexity index is 883. The zero-order valence-electron chi connectivity index (χ0n) is 16.3. The largest absolute Gasteiger partial charge is 0.312 e. The first-order valence-electron chi connectivity index (χ1n) is 11.1. The van der Waals surface area contributed by atoms with Crippen molar-refractivity contribution in [2.45, 2.75) is 69.0 Å². The molecule has 5 saturated carbocycles. The van der Waals surface area contributed by atoms with E-state index in [0.717, 1.165) is 11.8 Å². The van der Waals surface area contributed by atoms with Crippen molar-refractivity contribution < 1.29 is 24.1 Å². The van der Waals surface area contributed by atoms with Gasteiger partial charge in [0, 0.05) is 30.7 Å². The summed E-state index contributed by atoms with van der Waals surface area (Å²) in [6.07, 6.45) is 7.62. The number of amides is 2. The number of carbonyl (C=O) groups is 2. The van der Waals surface area contributed by atoms with Gasteiger partial charge in [0.05, 0.1) is 11.1 Å². The van der Waals surface area contributed by atoms with E-state index in [4.69, 9.17) is 14.5 Å². The second-order valence-corrected chi connectivity index (χ2v) is 10.0. The number of hydrogen-bond donors (Lipinski definition) is 0. The molecule has 2 aliphatic heterocycles. The highest BCUT2D eigenvalue weighted by molar-refractivity contribution is 6.21. The summed E-state index contributed by atoms with van der Waals surface area (Å²) in [5, 5.41) is 0. The average Bonchev–Trinajstić information content (AvgIpc) is 3.39. The summed E-state index contributed by atoms with van der Waals surface area (Å²) < 4.78 is 6.70. The van der Waals surface area contributed by atoms with Gasteiger partial charge in [-0.25, -0.2) is 0 Å². The van der Waals surface area contributed by atoms with Crippen molar-refractivity contribution in [3.05, 3.63) is 35.4 Å². The third-order valence-corrected chi connectivity index (χ3v) is 8.66. The highest BCUT2D eigenvalue weighted by Gasteiger charge is 2.70. The standard InChI is InChI=1S/C23H25NO5/c25-20-17-3-1-2-4-18(17)21(26)24(20)16-5-7-22(8-6-16)27-23(29-28-22)15-10-13-9-14(12-15)19(23)11-13/h1-4,13-16,19H,5-12H2. The van der Waals surface area contributed by atoms with Gasteiger partial charge in [0.15, 0.2) is 0 Å². The first-order chi connectivity index (χ1) is 14.1. The summed E-state index contributed by atoms with van der Waals surface area (Å²) in [6, 6.07) is 7.00. The lowest BCUT2D eigenvalue weighted by atomic mass is 9.78. The maximum absolute atomic E-state index is 12.8. The predicted molar refractivity (Wildman–Crippen MR) is 100 cm³/mol. The van der Waals surface area contributed by atoms with E-state index in [1.165, 1.54) is 30.6 Å². The van der Waals surface area contributed by atoms with Crippen molar-refractivity contribution in [2.75, 3.05) is 0 Å². The molecule has 0 radical (unpaired) electrons. The topological polar surface area (TPSA) is 65.1 Å². The first-order valence-corrected chi connectivity index (χ1v) is 11.1. The van der Waals surface area contributed by atoms with Crippen LogP contribution in [0.25, 0.3) is 0 Å². The van der Waals surface area contributed by atoms with Gasteiger partial charge < -0.3 is 4.74 Å². The van der Waals surface area contributed by atoms with Crippen LogP contribution in [0.1, 0.15) is 72.1 Å². The van der Waals surface area contributed by atoms with Crippen molar-refractivity contribution in [1.29, 1.82) is 0 Å². The monoisotopic (exact) mass is 395 g/mol. The molecule has 6 fully saturated rings. The first kappa shape index (κ1) is 17.0. The summed E-state index contributed by atoms with van der Waals surface area (Å²) in [4.78, 5) is 39.1. The third kappa shape index (κ3) is 2.07. The molecule has 6 heteroatoms. The van der Waals surface area contributed by atoms with Gasteiger partial charge in [-0.05, 0) is 62.5 Å². The lowest BCUT2D eigenvalue weighted by molar-refractivity contribution is -0.370. The van der Waals surface area contributed by atoms with Crippen molar-refractivity contribution in [3.63, 3.8) is 0 Å². The molecule has 29 heavy (non-hydrogen) atoms. The van der Waals surface area contributed by atoms with E-state index in [0.29, 0.717) is 48.6 Å². The Morgan fingerprint density at radius 2 is 1.62 bits per heavy atom. The predicted octanol–water partition coefficient (Wildman–Crippen LogP) is 3.66. The van der Waals surface area contributed by atoms with E-state index in [1.807, 2.05) is 12.1 Å². The molecule has 1 aromatic carbocycles. The Morgan fingerprint density at radius 1 is 0.897 bits per heavy atom. The molecule has 0 N–H and O–H groups in total. The van der Waals surface area contributed by atoms with Gasteiger partial charge >= 0.3 is 0 Å². The van der Waals surface area contributed by atoms with E-state index in [9.17, 15) is 9.59 Å². The number of rotatable bonds is 1. The maximum Gasteiger partial charge on any atom is 0.261 e. The second-order valence-electron chi connectivity index (χ2n) is 10.0. The molecule has 152 valence electrons. The summed E-state index contributed by atoms with van der Waals surface area (Å²) in [5.41, 5.74) is 1.04. The molecule has 1 saturated heterocycles. The molecule has 2 heterocycles. The van der Waals surface area contributed by atoms with Crippen molar-refractivity contribution in [1.82, 2.24) is 4.90 Å². The van der Waals surface area contributed by atoms with Gasteiger partial charge in [-0.3, -0.25) is 14.5 Å². The Hall–Kier alpha value is -1.76. The molecular formula is C23H25NO5. The van der Waals surface area contributed by atoms with E-state index in [1.54, 1.807) is 12.1 Å². The zero-order chi connectivity index (χ0) is 19.4. The van der Waals surface area contributed by atoms with Crippen LogP contribution >= 0.6 is 0 Å². The molecule has 5 atom stereocenters. The van der Waals surface area contributed by atoms with Crippen LogP contribution in [0.15, 0.2) is 24.3 Å². The molecular weight excluding hydrogens is 370 g/mol. The van der Waals surface area contributed by atoms with E-state index in [-0.39, 0.29) is 17.9 Å². The van der Waals surface area contributed by atoms with Crippen LogP contribution in [-0.2, 0) is 14.5 Å². The minimum absolute atomic E-state index is 0.104. The Labute approximate surface area is 169 Å². The fourth-order valence-corrected chi connectivity index (χ4v) is 7.46. The fraction of sp³-hybridized carbons (Fsp3) is 0.652. The number of ether oxygens (including phenoxy) is 1. The van der Waals surface area contributed by atoms with E-state index >= 15 is 0 Å². The minimum Gasteiger partial charge on any atom is -0.312 e. The van der Waals surface area contributed by atoms with Gasteiger partial charge in [-0.2, -0.15) is 9.78 Å². The molecule has 7 aliphatic rings. The van der Waals surface area contributed by atoms with Crippen LogP contribution in [0, 0.1) is 23.7 Å². The van der Waals surface area contributed by atoms with E-state index in [2.05, 4.69) is 0 Å². The molecule has 2 spiro atoms. The fourth-order valence-electron chi connectivity index (χ4n) is 7.46. The van der Waals surface area contributed by atoms with Crippen LogP contribution in [0.5, 0.6) is 0 Å². The number of carbonyl (C=O) groups excluding carboxylic acids is 2. The molecule has 6 nitrogen and oxygen atoms in total. The molecule has 1 aromatic rings. The number of imide groups is 1. The van der Waals surface area contributed by atoms with Gasteiger partial charge in [-0.15, -0.1) is 0 Å². The van der Waals surface area contributed by atoms with Gasteiger partial charge in [0.1, 0.15) is 0 Å². The molecule has 2 amide bonds. The van der Waals surface area contributed by atoms with Crippen LogP contribution in [0.3, 0.4) is 0 Å². The van der Waals surface area contributed by atoms with Gasteiger partial charge in [0.2, 0.25) is 11.6 Å². The third-order valence-electron chi connectivity index (χ3n) is 8.66. The molecule has 4 bridgehead atoms. The van der Waals surface area contributed by atoms with Crippen LogP contribution in [-0.4, -0.2) is 34.3 Å². The number of hydrogen-bond acceptors (Lipinski definition) is 5. The SMILES string of the molecule is O=C1c2ccccc2C(=O)N1C1CCC2(CC1)OOC1(O2)C2CC3CC(C2)C1C3. The smallest absolute Gasteiger partial charge is 0.261 e. The van der Waals surface area contributed by atoms with Crippen LogP contribution < -0.4 is 0 Å². The molecule has 0 aromatic heterocycles. The lowest BCUT2D eigenvalue weighted by Crippen LogP contribution is -2.50. The van der Waals surface area contributed by atoms with Crippen LogP contribution in [0.4, 0.5) is 0 Å². The number of fused-ring (bicyclic) bond motifs is 1. The highest BCUT2D eigenvalue weighted by atomic mass is 17.3. The molecule has 5 unspecified atom stereocenters. The quantitative estimate of drug-likeness (QED) is 0.536. The molecule has 5 aliphatic carbocycles. The van der Waals surface area contributed by atoms with Gasteiger partial charge in [-0.1, -0.05) is 12.1 Å². The summed E-state index contributed by atoms with van der Waals surface area (Å²) in [5.74, 6) is 0.917. The number of nitrogens with zero attached hydrogens (tertiary/aromatic N) is 1. The van der Waals surface area contributed by atoms with Gasteiger partial charge in [0.25, 0.3) is 11.8 Å². The Balaban J connectivity index is 1.09. The summed E-state index contributed by atoms with van der Waals surface area (Å²) in [7, 11) is 0. The van der Waals surface area contributed by atoms with Crippen LogP contribution in [0.2, 0.25) is 0 Å². The van der Waals surface area contributed by atoms with Crippen molar-refractivity contribution >= 4 is 11.8 Å². The van der Waals surface area contributed by atoms with Crippen molar-refractivity contribution in [2.24, 2.45) is 23.7 Å². The Kier molecular flexibility index (Phi) is 3.21. The lowest BCUT2D eigenvalue weighted by Gasteiger charge is -2.41. The maximum atomic E-state index is 12.8. The zero-order valence-corrected chi connectivity index (χ0v) is 16.3. The van der Waals surface area contributed by atoms with Crippen molar-refractivity contribution in [3.8, 4) is 0 Å².